The molecule has 1 atom stereocenters. The summed E-state index contributed by atoms with van der Waals surface area (Å²) in [5, 5.41) is 2.81. The van der Waals surface area contributed by atoms with Gasteiger partial charge in [-0.05, 0) is 44.5 Å². The van der Waals surface area contributed by atoms with Crippen molar-refractivity contribution >= 4 is 21.4 Å². The van der Waals surface area contributed by atoms with Crippen LogP contribution in [0.4, 0.5) is 0 Å². The van der Waals surface area contributed by atoms with Crippen LogP contribution < -0.4 is 14.8 Å². The number of ether oxygens (including phenoxy) is 2. The third kappa shape index (κ3) is 4.23. The number of rotatable bonds is 6. The summed E-state index contributed by atoms with van der Waals surface area (Å²) in [7, 11) is -3.12. The Labute approximate surface area is 174 Å². The molecule has 0 saturated carbocycles. The smallest absolute Gasteiger partial charge is 0.271 e. The maximum atomic E-state index is 12.6. The van der Waals surface area contributed by atoms with E-state index in [4.69, 9.17) is 9.47 Å². The summed E-state index contributed by atoms with van der Waals surface area (Å²) in [4.78, 5) is 21.2. The molecule has 0 bridgehead atoms. The summed E-state index contributed by atoms with van der Waals surface area (Å²) >= 11 is 0. The molecule has 1 fully saturated rings. The maximum Gasteiger partial charge on any atom is 0.271 e. The molecule has 10 heteroatoms. The van der Waals surface area contributed by atoms with Crippen molar-refractivity contribution in [2.75, 3.05) is 18.1 Å². The Hall–Kier alpha value is -3.14. The van der Waals surface area contributed by atoms with Gasteiger partial charge in [-0.1, -0.05) is 0 Å². The van der Waals surface area contributed by atoms with Crippen molar-refractivity contribution in [3.63, 3.8) is 0 Å². The number of fused-ring (bicyclic) bond motifs is 1. The number of imidazole rings is 1. The number of amides is 1. The fraction of sp³-hybridized carbons (Fsp3) is 0.350. The lowest BCUT2D eigenvalue weighted by Crippen LogP contribution is -2.47. The maximum absolute atomic E-state index is 12.6. The van der Waals surface area contributed by atoms with Gasteiger partial charge in [0.15, 0.2) is 15.6 Å². The molecule has 1 N–H and O–H groups in total. The lowest BCUT2D eigenvalue weighted by Gasteiger charge is -2.23. The Bertz CT molecular complexity index is 1210. The third-order valence-electron chi connectivity index (χ3n) is 4.83. The second kappa shape index (κ2) is 7.60. The highest BCUT2D eigenvalue weighted by Gasteiger charge is 2.39. The normalized spacial score (nSPS) is 20.2. The molecule has 1 saturated heterocycles. The van der Waals surface area contributed by atoms with E-state index < -0.39 is 21.3 Å². The summed E-state index contributed by atoms with van der Waals surface area (Å²) < 4.78 is 36.5. The van der Waals surface area contributed by atoms with Crippen LogP contribution in [0.15, 0.2) is 42.9 Å². The number of hydrogen-bond donors (Lipinski definition) is 1. The van der Waals surface area contributed by atoms with Gasteiger partial charge in [0.25, 0.3) is 11.8 Å². The Kier molecular flexibility index (Phi) is 5.10. The van der Waals surface area contributed by atoms with Gasteiger partial charge in [-0.2, -0.15) is 0 Å². The van der Waals surface area contributed by atoms with E-state index in [1.807, 2.05) is 6.92 Å². The molecule has 30 heavy (non-hydrogen) atoms. The van der Waals surface area contributed by atoms with Crippen LogP contribution in [0, 0.1) is 0 Å². The van der Waals surface area contributed by atoms with Crippen molar-refractivity contribution in [1.82, 2.24) is 19.7 Å². The highest BCUT2D eigenvalue weighted by atomic mass is 32.2. The average molecular weight is 430 g/mol. The van der Waals surface area contributed by atoms with Crippen molar-refractivity contribution in [2.24, 2.45) is 0 Å². The molecular formula is C20H22N4O5S. The highest BCUT2D eigenvalue weighted by Crippen LogP contribution is 2.29. The van der Waals surface area contributed by atoms with Gasteiger partial charge in [-0.25, -0.2) is 18.4 Å². The Morgan fingerprint density at radius 2 is 2.13 bits per heavy atom. The van der Waals surface area contributed by atoms with E-state index in [0.29, 0.717) is 36.1 Å². The number of carbonyl (C=O) groups excluding carboxylic acids is 1. The van der Waals surface area contributed by atoms with Crippen LogP contribution in [0.3, 0.4) is 0 Å². The second-order valence-electron chi connectivity index (χ2n) is 7.45. The van der Waals surface area contributed by atoms with Crippen molar-refractivity contribution in [3.8, 4) is 17.4 Å². The first-order valence-corrected chi connectivity index (χ1v) is 11.4. The molecule has 1 aliphatic rings. The molecule has 1 amide bonds. The minimum absolute atomic E-state index is 0.0661. The predicted molar refractivity (Wildman–Crippen MR) is 110 cm³/mol. The first kappa shape index (κ1) is 20.1. The number of carbonyl (C=O) groups is 1. The van der Waals surface area contributed by atoms with E-state index in [-0.39, 0.29) is 17.2 Å². The summed E-state index contributed by atoms with van der Waals surface area (Å²) in [5.41, 5.74) is -0.0254. The molecule has 0 aromatic carbocycles. The van der Waals surface area contributed by atoms with E-state index in [9.17, 15) is 13.2 Å². The van der Waals surface area contributed by atoms with E-state index in [1.165, 1.54) is 0 Å². The highest BCUT2D eigenvalue weighted by molar-refractivity contribution is 7.91. The molecule has 4 rings (SSSR count). The first-order valence-electron chi connectivity index (χ1n) is 9.54. The summed E-state index contributed by atoms with van der Waals surface area (Å²) in [5.74, 6) is 0.971. The fourth-order valence-electron chi connectivity index (χ4n) is 3.42. The van der Waals surface area contributed by atoms with Crippen molar-refractivity contribution in [2.45, 2.75) is 25.8 Å². The van der Waals surface area contributed by atoms with Crippen LogP contribution in [0.5, 0.6) is 17.4 Å². The standard InChI is InChI=1S/C20H22N4O5S/c1-3-28-16-5-4-9-21-19(16)29-14-6-7-17-22-15(12-24(17)11-14)18(25)23-20(2)8-10-30(26,27)13-20/h4-7,9,11-12H,3,8,10,13H2,1-2H3,(H,23,25)/t20-/m0/s1. The topological polar surface area (TPSA) is 112 Å². The SMILES string of the molecule is CCOc1cccnc1Oc1ccc2nc(C(=O)N[C@@]3(C)CCS(=O)(=O)C3)cn2c1. The quantitative estimate of drug-likeness (QED) is 0.638. The minimum Gasteiger partial charge on any atom is -0.488 e. The zero-order chi connectivity index (χ0) is 21.4. The van der Waals surface area contributed by atoms with Gasteiger partial charge in [0, 0.05) is 12.4 Å². The molecule has 0 aliphatic carbocycles. The molecule has 3 aromatic heterocycles. The van der Waals surface area contributed by atoms with Crippen LogP contribution in [-0.2, 0) is 9.84 Å². The lowest BCUT2D eigenvalue weighted by molar-refractivity contribution is 0.0911. The monoisotopic (exact) mass is 430 g/mol. The van der Waals surface area contributed by atoms with E-state index in [1.54, 1.807) is 54.2 Å². The molecule has 0 radical (unpaired) electrons. The molecule has 0 spiro atoms. The third-order valence-corrected chi connectivity index (χ3v) is 6.73. The Morgan fingerprint density at radius 1 is 1.30 bits per heavy atom. The number of nitrogens with zero attached hydrogens (tertiary/aromatic N) is 3. The lowest BCUT2D eigenvalue weighted by atomic mass is 10.0. The van der Waals surface area contributed by atoms with Crippen molar-refractivity contribution in [3.05, 3.63) is 48.5 Å². The van der Waals surface area contributed by atoms with Crippen LogP contribution in [-0.4, -0.2) is 52.3 Å². The molecule has 3 aromatic rings. The van der Waals surface area contributed by atoms with Crippen LogP contribution >= 0.6 is 0 Å². The van der Waals surface area contributed by atoms with Crippen molar-refractivity contribution in [1.29, 1.82) is 0 Å². The van der Waals surface area contributed by atoms with E-state index in [0.717, 1.165) is 0 Å². The fourth-order valence-corrected chi connectivity index (χ4v) is 5.51. The van der Waals surface area contributed by atoms with Crippen LogP contribution in [0.1, 0.15) is 30.8 Å². The number of sulfone groups is 1. The molecule has 0 unspecified atom stereocenters. The van der Waals surface area contributed by atoms with Crippen LogP contribution in [0.25, 0.3) is 5.65 Å². The van der Waals surface area contributed by atoms with Gasteiger partial charge in [-0.15, -0.1) is 0 Å². The zero-order valence-corrected chi connectivity index (χ0v) is 17.5. The Balaban J connectivity index is 1.54. The largest absolute Gasteiger partial charge is 0.488 e. The van der Waals surface area contributed by atoms with Crippen molar-refractivity contribution < 1.29 is 22.7 Å². The Morgan fingerprint density at radius 3 is 2.87 bits per heavy atom. The zero-order valence-electron chi connectivity index (χ0n) is 16.7. The molecule has 4 heterocycles. The van der Waals surface area contributed by atoms with Gasteiger partial charge < -0.3 is 19.2 Å². The predicted octanol–water partition coefficient (Wildman–Crippen LogP) is 2.23. The first-order chi connectivity index (χ1) is 14.3. The number of pyridine rings is 2. The number of aromatic nitrogens is 3. The van der Waals surface area contributed by atoms with Gasteiger partial charge in [0.05, 0.1) is 29.8 Å². The molecular weight excluding hydrogens is 408 g/mol. The molecule has 9 nitrogen and oxygen atoms in total. The second-order valence-corrected chi connectivity index (χ2v) is 9.64. The van der Waals surface area contributed by atoms with Crippen LogP contribution in [0.2, 0.25) is 0 Å². The summed E-state index contributed by atoms with van der Waals surface area (Å²) in [6, 6.07) is 6.97. The minimum atomic E-state index is -3.12. The number of hydrogen-bond acceptors (Lipinski definition) is 7. The molecule has 158 valence electrons. The number of nitrogens with one attached hydrogen (secondary N) is 1. The molecule has 1 aliphatic heterocycles. The van der Waals surface area contributed by atoms with Gasteiger partial charge in [0.2, 0.25) is 0 Å². The summed E-state index contributed by atoms with van der Waals surface area (Å²) in [6.45, 7) is 4.10. The van der Waals surface area contributed by atoms with Gasteiger partial charge in [0.1, 0.15) is 17.1 Å². The average Bonchev–Trinajstić information content (AvgIpc) is 3.23. The van der Waals surface area contributed by atoms with E-state index >= 15 is 0 Å². The van der Waals surface area contributed by atoms with Gasteiger partial charge in [-0.3, -0.25) is 4.79 Å². The van der Waals surface area contributed by atoms with Gasteiger partial charge >= 0.3 is 0 Å². The van der Waals surface area contributed by atoms with E-state index in [2.05, 4.69) is 15.3 Å². The summed E-state index contributed by atoms with van der Waals surface area (Å²) in [6.07, 6.45) is 5.26.